The SMILES string of the molecule is Cc1cccc(N)c1NC(=O)CCc1ccco1. The highest BCUT2D eigenvalue weighted by Crippen LogP contribution is 2.22. The molecule has 0 unspecified atom stereocenters. The summed E-state index contributed by atoms with van der Waals surface area (Å²) in [5.74, 6) is 0.746. The first-order valence-corrected chi connectivity index (χ1v) is 5.84. The van der Waals surface area contributed by atoms with Crippen LogP contribution >= 0.6 is 0 Å². The molecule has 0 radical (unpaired) electrons. The molecule has 0 aliphatic carbocycles. The van der Waals surface area contributed by atoms with Crippen LogP contribution in [0.25, 0.3) is 0 Å². The number of para-hydroxylation sites is 1. The van der Waals surface area contributed by atoms with Crippen LogP contribution in [0, 0.1) is 6.92 Å². The molecule has 4 nitrogen and oxygen atoms in total. The van der Waals surface area contributed by atoms with Crippen LogP contribution in [-0.4, -0.2) is 5.91 Å². The summed E-state index contributed by atoms with van der Waals surface area (Å²) in [5, 5.41) is 2.84. The summed E-state index contributed by atoms with van der Waals surface area (Å²) in [4.78, 5) is 11.8. The first kappa shape index (κ1) is 12.2. The zero-order valence-electron chi connectivity index (χ0n) is 10.3. The van der Waals surface area contributed by atoms with Crippen molar-refractivity contribution in [3.8, 4) is 0 Å². The van der Waals surface area contributed by atoms with Gasteiger partial charge in [0.25, 0.3) is 0 Å². The third kappa shape index (κ3) is 2.91. The Bertz CT molecular complexity index is 512. The number of carbonyl (C=O) groups is 1. The van der Waals surface area contributed by atoms with Crippen molar-refractivity contribution in [3.05, 3.63) is 47.9 Å². The number of aryl methyl sites for hydroxylation is 2. The van der Waals surface area contributed by atoms with Gasteiger partial charge in [0.1, 0.15) is 5.76 Å². The van der Waals surface area contributed by atoms with E-state index in [0.717, 1.165) is 11.3 Å². The van der Waals surface area contributed by atoms with E-state index in [1.54, 1.807) is 12.3 Å². The van der Waals surface area contributed by atoms with E-state index in [4.69, 9.17) is 10.2 Å². The molecule has 18 heavy (non-hydrogen) atoms. The van der Waals surface area contributed by atoms with E-state index in [2.05, 4.69) is 5.32 Å². The number of hydrogen-bond donors (Lipinski definition) is 2. The van der Waals surface area contributed by atoms with Gasteiger partial charge in [-0.1, -0.05) is 12.1 Å². The lowest BCUT2D eigenvalue weighted by Crippen LogP contribution is -2.14. The Balaban J connectivity index is 1.95. The number of amides is 1. The Hall–Kier alpha value is -2.23. The van der Waals surface area contributed by atoms with E-state index >= 15 is 0 Å². The minimum Gasteiger partial charge on any atom is -0.469 e. The molecule has 2 rings (SSSR count). The molecule has 2 aromatic rings. The van der Waals surface area contributed by atoms with Gasteiger partial charge < -0.3 is 15.5 Å². The Morgan fingerprint density at radius 2 is 2.17 bits per heavy atom. The quantitative estimate of drug-likeness (QED) is 0.812. The van der Waals surface area contributed by atoms with Crippen LogP contribution in [0.2, 0.25) is 0 Å². The second-order valence-electron chi connectivity index (χ2n) is 4.17. The average Bonchev–Trinajstić information content (AvgIpc) is 2.84. The molecule has 0 atom stereocenters. The van der Waals surface area contributed by atoms with E-state index < -0.39 is 0 Å². The molecule has 0 bridgehead atoms. The summed E-state index contributed by atoms with van der Waals surface area (Å²) in [6.45, 7) is 1.92. The molecular weight excluding hydrogens is 228 g/mol. The maximum atomic E-state index is 11.8. The fourth-order valence-electron chi connectivity index (χ4n) is 1.75. The topological polar surface area (TPSA) is 68.3 Å². The van der Waals surface area contributed by atoms with Gasteiger partial charge in [-0.05, 0) is 30.7 Å². The third-order valence-electron chi connectivity index (χ3n) is 2.75. The van der Waals surface area contributed by atoms with Crippen LogP contribution in [0.15, 0.2) is 41.0 Å². The van der Waals surface area contributed by atoms with Gasteiger partial charge >= 0.3 is 0 Å². The van der Waals surface area contributed by atoms with Crippen molar-refractivity contribution < 1.29 is 9.21 Å². The highest BCUT2D eigenvalue weighted by atomic mass is 16.3. The number of hydrogen-bond acceptors (Lipinski definition) is 3. The Kier molecular flexibility index (Phi) is 3.67. The van der Waals surface area contributed by atoms with Crippen molar-refractivity contribution in [2.75, 3.05) is 11.1 Å². The maximum absolute atomic E-state index is 11.8. The van der Waals surface area contributed by atoms with E-state index in [-0.39, 0.29) is 5.91 Å². The summed E-state index contributed by atoms with van der Waals surface area (Å²) in [6, 6.07) is 9.22. The largest absolute Gasteiger partial charge is 0.469 e. The summed E-state index contributed by atoms with van der Waals surface area (Å²) in [6.07, 6.45) is 2.57. The number of carbonyl (C=O) groups excluding carboxylic acids is 1. The fourth-order valence-corrected chi connectivity index (χ4v) is 1.75. The van der Waals surface area contributed by atoms with Crippen LogP contribution in [0.3, 0.4) is 0 Å². The second kappa shape index (κ2) is 5.40. The van der Waals surface area contributed by atoms with Gasteiger partial charge in [0.2, 0.25) is 5.91 Å². The van der Waals surface area contributed by atoms with Crippen molar-refractivity contribution >= 4 is 17.3 Å². The molecule has 0 spiro atoms. The van der Waals surface area contributed by atoms with Gasteiger partial charge in [0.05, 0.1) is 17.6 Å². The number of benzene rings is 1. The zero-order chi connectivity index (χ0) is 13.0. The minimum atomic E-state index is -0.0626. The standard InChI is InChI=1S/C14H16N2O2/c1-10-4-2-6-12(15)14(10)16-13(17)8-7-11-5-3-9-18-11/h2-6,9H,7-8,15H2,1H3,(H,16,17). The number of nitrogens with one attached hydrogen (secondary N) is 1. The Morgan fingerprint density at radius 3 is 2.83 bits per heavy atom. The van der Waals surface area contributed by atoms with Crippen molar-refractivity contribution in [2.24, 2.45) is 0 Å². The normalized spacial score (nSPS) is 10.3. The van der Waals surface area contributed by atoms with Crippen molar-refractivity contribution in [3.63, 3.8) is 0 Å². The second-order valence-corrected chi connectivity index (χ2v) is 4.17. The van der Waals surface area contributed by atoms with Gasteiger partial charge in [-0.2, -0.15) is 0 Å². The van der Waals surface area contributed by atoms with Crippen molar-refractivity contribution in [2.45, 2.75) is 19.8 Å². The van der Waals surface area contributed by atoms with E-state index in [9.17, 15) is 4.79 Å². The number of rotatable bonds is 4. The Labute approximate surface area is 106 Å². The lowest BCUT2D eigenvalue weighted by molar-refractivity contribution is -0.116. The van der Waals surface area contributed by atoms with Crippen molar-refractivity contribution in [1.82, 2.24) is 0 Å². The van der Waals surface area contributed by atoms with Crippen LogP contribution in [0.5, 0.6) is 0 Å². The molecule has 0 saturated carbocycles. The number of furan rings is 1. The zero-order valence-corrected chi connectivity index (χ0v) is 10.3. The van der Waals surface area contributed by atoms with Gasteiger partial charge in [-0.15, -0.1) is 0 Å². The van der Waals surface area contributed by atoms with Crippen LogP contribution in [0.4, 0.5) is 11.4 Å². The fraction of sp³-hybridized carbons (Fsp3) is 0.214. The predicted octanol–water partition coefficient (Wildman–Crippen LogP) is 2.74. The monoisotopic (exact) mass is 244 g/mol. The molecule has 3 N–H and O–H groups in total. The van der Waals surface area contributed by atoms with Crippen LogP contribution in [-0.2, 0) is 11.2 Å². The molecular formula is C14H16N2O2. The van der Waals surface area contributed by atoms with Gasteiger partial charge in [-0.3, -0.25) is 4.79 Å². The molecule has 0 aliphatic rings. The average molecular weight is 244 g/mol. The molecule has 1 aromatic heterocycles. The van der Waals surface area contributed by atoms with Crippen LogP contribution < -0.4 is 11.1 Å². The summed E-state index contributed by atoms with van der Waals surface area (Å²) in [5.41, 5.74) is 8.07. The molecule has 1 aromatic carbocycles. The molecule has 0 fully saturated rings. The third-order valence-corrected chi connectivity index (χ3v) is 2.75. The molecule has 1 amide bonds. The first-order valence-electron chi connectivity index (χ1n) is 5.84. The van der Waals surface area contributed by atoms with E-state index in [1.165, 1.54) is 0 Å². The van der Waals surface area contributed by atoms with Gasteiger partial charge in [0.15, 0.2) is 0 Å². The maximum Gasteiger partial charge on any atom is 0.224 e. The minimum absolute atomic E-state index is 0.0626. The first-order chi connectivity index (χ1) is 8.66. The molecule has 4 heteroatoms. The van der Waals surface area contributed by atoms with Gasteiger partial charge in [-0.25, -0.2) is 0 Å². The lowest BCUT2D eigenvalue weighted by atomic mass is 10.1. The summed E-state index contributed by atoms with van der Waals surface area (Å²) in [7, 11) is 0. The molecule has 0 aliphatic heterocycles. The summed E-state index contributed by atoms with van der Waals surface area (Å²) >= 11 is 0. The molecule has 0 saturated heterocycles. The van der Waals surface area contributed by atoms with E-state index in [1.807, 2.05) is 31.2 Å². The predicted molar refractivity (Wildman–Crippen MR) is 71.3 cm³/mol. The highest BCUT2D eigenvalue weighted by Gasteiger charge is 2.08. The number of nitrogens with two attached hydrogens (primary N) is 1. The highest BCUT2D eigenvalue weighted by molar-refractivity contribution is 5.94. The number of nitrogen functional groups attached to an aromatic ring is 1. The van der Waals surface area contributed by atoms with Gasteiger partial charge in [0, 0.05) is 12.8 Å². The molecule has 1 heterocycles. The molecule has 94 valence electrons. The Morgan fingerprint density at radius 1 is 1.33 bits per heavy atom. The lowest BCUT2D eigenvalue weighted by Gasteiger charge is -2.10. The smallest absolute Gasteiger partial charge is 0.224 e. The van der Waals surface area contributed by atoms with Crippen LogP contribution in [0.1, 0.15) is 17.7 Å². The summed E-state index contributed by atoms with van der Waals surface area (Å²) < 4.78 is 5.18. The van der Waals surface area contributed by atoms with E-state index in [0.29, 0.717) is 24.2 Å². The number of anilines is 2. The van der Waals surface area contributed by atoms with Crippen molar-refractivity contribution in [1.29, 1.82) is 0 Å².